The summed E-state index contributed by atoms with van der Waals surface area (Å²) >= 11 is 0. The summed E-state index contributed by atoms with van der Waals surface area (Å²) in [7, 11) is 0. The minimum Gasteiger partial charge on any atom is -0.325 e. The molecule has 0 aromatic rings. The van der Waals surface area contributed by atoms with Gasteiger partial charge in [0.05, 0.1) is 0 Å². The molecule has 1 nitrogen and oxygen atoms in total. The Labute approximate surface area is 204 Å². The number of halogens is 1. The highest BCUT2D eigenvalue weighted by Crippen LogP contribution is 2.27. The minimum atomic E-state index is -0.00124. The third kappa shape index (κ3) is 24.7. The zero-order chi connectivity index (χ0) is 22.3. The molecule has 190 valence electrons. The molecular weight excluding hydrogens is 398 g/mol. The van der Waals surface area contributed by atoms with E-state index in [1.54, 1.807) is 0 Å². The van der Waals surface area contributed by atoms with Crippen molar-refractivity contribution in [3.8, 4) is 0 Å². The van der Waals surface area contributed by atoms with Gasteiger partial charge < -0.3 is 5.73 Å². The molecule has 0 radical (unpaired) electrons. The summed E-state index contributed by atoms with van der Waals surface area (Å²) in [6.45, 7) is 9.10. The van der Waals surface area contributed by atoms with Crippen LogP contribution in [0.15, 0.2) is 0 Å². The molecule has 0 aromatic heterocycles. The van der Waals surface area contributed by atoms with Crippen LogP contribution in [0.4, 0.5) is 0 Å². The van der Waals surface area contributed by atoms with Crippen LogP contribution in [0.3, 0.4) is 0 Å². The average molecular weight is 460 g/mol. The second-order valence-corrected chi connectivity index (χ2v) is 10.8. The Hall–Kier alpha value is 0.250. The molecule has 0 fully saturated rings. The van der Waals surface area contributed by atoms with Crippen molar-refractivity contribution in [1.29, 1.82) is 0 Å². The van der Waals surface area contributed by atoms with Gasteiger partial charge >= 0.3 is 0 Å². The molecule has 0 spiro atoms. The Balaban J connectivity index is 0. The summed E-state index contributed by atoms with van der Waals surface area (Å²) in [5, 5.41) is 0. The van der Waals surface area contributed by atoms with Crippen LogP contribution in [0.5, 0.6) is 0 Å². The predicted octanol–water partition coefficient (Wildman–Crippen LogP) is 10.8. The van der Waals surface area contributed by atoms with Crippen molar-refractivity contribution in [2.45, 2.75) is 181 Å². The zero-order valence-corrected chi connectivity index (χ0v) is 23.1. The normalized spacial score (nSPS) is 12.7. The van der Waals surface area contributed by atoms with Gasteiger partial charge in [-0.15, -0.1) is 12.4 Å². The van der Waals surface area contributed by atoms with E-state index in [0.717, 1.165) is 0 Å². The molecule has 0 aromatic carbocycles. The Kier molecular flexibility index (Phi) is 26.8. The van der Waals surface area contributed by atoms with Gasteiger partial charge in [-0.2, -0.15) is 0 Å². The van der Waals surface area contributed by atoms with E-state index in [9.17, 15) is 0 Å². The monoisotopic (exact) mass is 459 g/mol. The molecule has 0 rings (SSSR count). The summed E-state index contributed by atoms with van der Waals surface area (Å²) in [6.07, 6.45) is 32.8. The second-order valence-electron chi connectivity index (χ2n) is 10.8. The van der Waals surface area contributed by atoms with Crippen LogP contribution < -0.4 is 5.73 Å². The number of rotatable bonds is 24. The Morgan fingerprint density at radius 3 is 0.903 bits per heavy atom. The second kappa shape index (κ2) is 24.9. The summed E-state index contributed by atoms with van der Waals surface area (Å²) in [6, 6.07) is 0. The first kappa shape index (κ1) is 33.4. The Morgan fingerprint density at radius 2 is 0.677 bits per heavy atom. The first-order valence-electron chi connectivity index (χ1n) is 14.3. The van der Waals surface area contributed by atoms with E-state index in [4.69, 9.17) is 5.73 Å². The van der Waals surface area contributed by atoms with Crippen molar-refractivity contribution < 1.29 is 0 Å². The highest BCUT2D eigenvalue weighted by molar-refractivity contribution is 5.85. The van der Waals surface area contributed by atoms with Gasteiger partial charge in [-0.1, -0.05) is 149 Å². The van der Waals surface area contributed by atoms with E-state index in [0.29, 0.717) is 5.92 Å². The van der Waals surface area contributed by atoms with Crippen molar-refractivity contribution in [2.24, 2.45) is 11.7 Å². The highest BCUT2D eigenvalue weighted by atomic mass is 35.5. The van der Waals surface area contributed by atoms with Crippen LogP contribution in [0.25, 0.3) is 0 Å². The van der Waals surface area contributed by atoms with E-state index in [1.807, 2.05) is 0 Å². The molecule has 0 saturated heterocycles. The molecule has 2 N–H and O–H groups in total. The van der Waals surface area contributed by atoms with E-state index in [2.05, 4.69) is 27.7 Å². The number of hydrogen-bond acceptors (Lipinski definition) is 1. The minimum absolute atomic E-state index is 0. The van der Waals surface area contributed by atoms with Gasteiger partial charge in [0.25, 0.3) is 0 Å². The first-order chi connectivity index (χ1) is 14.5. The molecule has 0 aliphatic heterocycles. The standard InChI is InChI=1S/C29H61N.ClH/c1-5-7-9-11-13-14-15-16-17-18-19-21-23-25-27-28(29(3,4)30)26-24-22-20-12-10-8-6-2;/h28H,5-27,30H2,1-4H3;1H. The van der Waals surface area contributed by atoms with E-state index in [-0.39, 0.29) is 17.9 Å². The van der Waals surface area contributed by atoms with Gasteiger partial charge in [0.1, 0.15) is 0 Å². The molecule has 0 saturated carbocycles. The molecule has 0 amide bonds. The fourth-order valence-corrected chi connectivity index (χ4v) is 4.82. The fourth-order valence-electron chi connectivity index (χ4n) is 4.82. The Morgan fingerprint density at radius 1 is 0.452 bits per heavy atom. The van der Waals surface area contributed by atoms with Gasteiger partial charge in [0, 0.05) is 5.54 Å². The van der Waals surface area contributed by atoms with Crippen molar-refractivity contribution >= 4 is 12.4 Å². The topological polar surface area (TPSA) is 26.0 Å². The van der Waals surface area contributed by atoms with Gasteiger partial charge in [-0.3, -0.25) is 0 Å². The SMILES string of the molecule is CCCCCCCCCCCCCCCCC(CCCCCCCCC)C(C)(C)N.Cl. The quantitative estimate of drug-likeness (QED) is 0.143. The zero-order valence-electron chi connectivity index (χ0n) is 22.3. The maximum atomic E-state index is 6.51. The van der Waals surface area contributed by atoms with Gasteiger partial charge in [0.15, 0.2) is 0 Å². The molecule has 1 atom stereocenters. The van der Waals surface area contributed by atoms with Gasteiger partial charge in [-0.05, 0) is 32.6 Å². The van der Waals surface area contributed by atoms with Crippen LogP contribution in [0.2, 0.25) is 0 Å². The molecule has 1 unspecified atom stereocenters. The van der Waals surface area contributed by atoms with Crippen molar-refractivity contribution in [2.75, 3.05) is 0 Å². The van der Waals surface area contributed by atoms with E-state index < -0.39 is 0 Å². The lowest BCUT2D eigenvalue weighted by atomic mass is 9.80. The third-order valence-corrected chi connectivity index (χ3v) is 7.11. The molecule has 0 heterocycles. The molecular formula is C29H62ClN. The largest absolute Gasteiger partial charge is 0.325 e. The third-order valence-electron chi connectivity index (χ3n) is 7.11. The summed E-state index contributed by atoms with van der Waals surface area (Å²) in [4.78, 5) is 0. The molecule has 0 bridgehead atoms. The van der Waals surface area contributed by atoms with Crippen molar-refractivity contribution in [1.82, 2.24) is 0 Å². The summed E-state index contributed by atoms with van der Waals surface area (Å²) < 4.78 is 0. The maximum Gasteiger partial charge on any atom is 0.0125 e. The molecule has 31 heavy (non-hydrogen) atoms. The smallest absolute Gasteiger partial charge is 0.0125 e. The van der Waals surface area contributed by atoms with Crippen LogP contribution in [-0.4, -0.2) is 5.54 Å². The van der Waals surface area contributed by atoms with Gasteiger partial charge in [-0.25, -0.2) is 0 Å². The lowest BCUT2D eigenvalue weighted by Gasteiger charge is -2.31. The fraction of sp³-hybridized carbons (Fsp3) is 1.00. The molecule has 0 aliphatic carbocycles. The van der Waals surface area contributed by atoms with Crippen molar-refractivity contribution in [3.05, 3.63) is 0 Å². The lowest BCUT2D eigenvalue weighted by molar-refractivity contribution is 0.267. The van der Waals surface area contributed by atoms with E-state index in [1.165, 1.54) is 148 Å². The maximum absolute atomic E-state index is 6.51. The van der Waals surface area contributed by atoms with Gasteiger partial charge in [0.2, 0.25) is 0 Å². The lowest BCUT2D eigenvalue weighted by Crippen LogP contribution is -2.40. The Bertz CT molecular complexity index is 323. The number of nitrogens with two attached hydrogens (primary N) is 1. The molecule has 2 heteroatoms. The van der Waals surface area contributed by atoms with E-state index >= 15 is 0 Å². The summed E-state index contributed by atoms with van der Waals surface area (Å²) in [5.74, 6) is 0.713. The number of hydrogen-bond donors (Lipinski definition) is 1. The van der Waals surface area contributed by atoms with Crippen LogP contribution in [0, 0.1) is 5.92 Å². The summed E-state index contributed by atoms with van der Waals surface area (Å²) in [5.41, 5.74) is 6.51. The van der Waals surface area contributed by atoms with Crippen molar-refractivity contribution in [3.63, 3.8) is 0 Å². The van der Waals surface area contributed by atoms with Crippen LogP contribution in [-0.2, 0) is 0 Å². The number of unbranched alkanes of at least 4 members (excludes halogenated alkanes) is 19. The highest BCUT2D eigenvalue weighted by Gasteiger charge is 2.23. The molecule has 0 aliphatic rings. The predicted molar refractivity (Wildman–Crippen MR) is 147 cm³/mol. The van der Waals surface area contributed by atoms with Crippen LogP contribution >= 0.6 is 12.4 Å². The first-order valence-corrected chi connectivity index (χ1v) is 14.3. The van der Waals surface area contributed by atoms with Crippen LogP contribution in [0.1, 0.15) is 175 Å². The average Bonchev–Trinajstić information content (AvgIpc) is 2.70.